The van der Waals surface area contributed by atoms with Gasteiger partial charge in [0.2, 0.25) is 5.91 Å². The second kappa shape index (κ2) is 6.73. The number of rotatable bonds is 2. The Hall–Kier alpha value is -3.13. The number of hydrogen-bond acceptors (Lipinski definition) is 4. The zero-order valence-corrected chi connectivity index (χ0v) is 16.9. The number of phenolic OH excluding ortho intramolecular Hbond substituents is 1. The highest BCUT2D eigenvalue weighted by molar-refractivity contribution is 9.10. The molecule has 146 valence electrons. The van der Waals surface area contributed by atoms with Crippen molar-refractivity contribution in [3.05, 3.63) is 63.8 Å². The van der Waals surface area contributed by atoms with Crippen molar-refractivity contribution in [3.63, 3.8) is 0 Å². The summed E-state index contributed by atoms with van der Waals surface area (Å²) in [5.41, 5.74) is 3.54. The van der Waals surface area contributed by atoms with Gasteiger partial charge in [-0.1, -0.05) is 34.1 Å². The van der Waals surface area contributed by atoms with Gasteiger partial charge in [-0.2, -0.15) is 5.10 Å². The Morgan fingerprint density at radius 1 is 1.17 bits per heavy atom. The molecule has 0 radical (unpaired) electrons. The number of carbonyl (C=O) groups excluding carboxylic acids is 2. The number of halogens is 1. The predicted molar refractivity (Wildman–Crippen MR) is 111 cm³/mol. The van der Waals surface area contributed by atoms with Crippen LogP contribution >= 0.6 is 15.9 Å². The summed E-state index contributed by atoms with van der Waals surface area (Å²) in [6.45, 7) is 0.277. The van der Waals surface area contributed by atoms with Gasteiger partial charge < -0.3 is 15.0 Å². The summed E-state index contributed by atoms with van der Waals surface area (Å²) >= 11 is 3.34. The van der Waals surface area contributed by atoms with E-state index < -0.39 is 6.04 Å². The fraction of sp³-hybridized carbons (Fsp3) is 0.190. The number of aromatic hydroxyl groups is 1. The van der Waals surface area contributed by atoms with Crippen LogP contribution in [0.5, 0.6) is 5.75 Å². The molecule has 1 atom stereocenters. The first-order valence-electron chi connectivity index (χ1n) is 9.23. The number of hydrazone groups is 1. The zero-order chi connectivity index (χ0) is 20.1. The van der Waals surface area contributed by atoms with Crippen LogP contribution in [0.15, 0.2) is 52.0 Å². The van der Waals surface area contributed by atoms with Crippen LogP contribution in [0.1, 0.15) is 16.8 Å². The molecule has 0 bridgehead atoms. The number of para-hydroxylation sites is 1. The monoisotopic (exact) mass is 452 g/mol. The number of aromatic amines is 1. The Kier molecular flexibility index (Phi) is 4.16. The summed E-state index contributed by atoms with van der Waals surface area (Å²) in [5.74, 6) is -0.309. The highest BCUT2D eigenvalue weighted by atomic mass is 79.9. The number of H-pyrrole nitrogens is 1. The molecule has 2 amide bonds. The number of hydrogen-bond donors (Lipinski definition) is 2. The van der Waals surface area contributed by atoms with Gasteiger partial charge in [0.1, 0.15) is 18.3 Å². The third-order valence-electron chi connectivity index (χ3n) is 5.47. The van der Waals surface area contributed by atoms with Crippen LogP contribution in [0.2, 0.25) is 0 Å². The lowest BCUT2D eigenvalue weighted by Gasteiger charge is -2.40. The highest BCUT2D eigenvalue weighted by Gasteiger charge is 2.43. The molecule has 0 unspecified atom stereocenters. The standard InChI is InChI=1S/C21H17BrN4O3/c22-13-5-6-19(27)12(7-13)9-23-26-11-20(28)25-10-17-15(8-18(25)21(26)29)14-3-1-2-4-16(14)24-17/h1-7,9,18,24,27H,8,10-11H2/b23-9+/t18-/m1/s1. The maximum Gasteiger partial charge on any atom is 0.266 e. The molecule has 0 saturated carbocycles. The number of fused-ring (bicyclic) bond motifs is 4. The van der Waals surface area contributed by atoms with Gasteiger partial charge in [0.15, 0.2) is 0 Å². The maximum atomic E-state index is 13.1. The lowest BCUT2D eigenvalue weighted by molar-refractivity contribution is -0.157. The normalized spacial score (nSPS) is 19.1. The fourth-order valence-corrected chi connectivity index (χ4v) is 4.40. The third kappa shape index (κ3) is 3.00. The fourth-order valence-electron chi connectivity index (χ4n) is 4.02. The van der Waals surface area contributed by atoms with Crippen LogP contribution in [0.3, 0.4) is 0 Å². The summed E-state index contributed by atoms with van der Waals surface area (Å²) < 4.78 is 0.781. The van der Waals surface area contributed by atoms with E-state index in [1.54, 1.807) is 17.0 Å². The van der Waals surface area contributed by atoms with E-state index in [4.69, 9.17) is 0 Å². The molecule has 29 heavy (non-hydrogen) atoms. The number of phenols is 1. The quantitative estimate of drug-likeness (QED) is 0.585. The molecule has 2 N–H and O–H groups in total. The molecule has 2 aromatic carbocycles. The zero-order valence-electron chi connectivity index (χ0n) is 15.3. The van der Waals surface area contributed by atoms with E-state index >= 15 is 0 Å². The van der Waals surface area contributed by atoms with E-state index in [1.807, 2.05) is 24.3 Å². The highest BCUT2D eigenvalue weighted by Crippen LogP contribution is 2.32. The van der Waals surface area contributed by atoms with E-state index in [0.717, 1.165) is 26.6 Å². The average molecular weight is 453 g/mol. The van der Waals surface area contributed by atoms with Crippen molar-refractivity contribution in [2.75, 3.05) is 6.54 Å². The van der Waals surface area contributed by atoms with Crippen LogP contribution in [-0.2, 0) is 22.6 Å². The van der Waals surface area contributed by atoms with Gasteiger partial charge in [0, 0.05) is 33.1 Å². The topological polar surface area (TPSA) is 89.0 Å². The van der Waals surface area contributed by atoms with Gasteiger partial charge in [-0.3, -0.25) is 9.59 Å². The van der Waals surface area contributed by atoms with Crippen molar-refractivity contribution in [2.45, 2.75) is 19.0 Å². The summed E-state index contributed by atoms with van der Waals surface area (Å²) in [6.07, 6.45) is 1.86. The second-order valence-corrected chi connectivity index (χ2v) is 8.13. The first kappa shape index (κ1) is 17.9. The molecular weight excluding hydrogens is 436 g/mol. The minimum atomic E-state index is -0.573. The number of carbonyl (C=O) groups is 2. The van der Waals surface area contributed by atoms with E-state index in [2.05, 4.69) is 26.0 Å². The van der Waals surface area contributed by atoms with Crippen LogP contribution in [-0.4, -0.2) is 50.6 Å². The van der Waals surface area contributed by atoms with Gasteiger partial charge in [0.05, 0.1) is 12.8 Å². The number of amides is 2. The Bertz CT molecular complexity index is 1190. The van der Waals surface area contributed by atoms with E-state index in [0.29, 0.717) is 18.5 Å². The average Bonchev–Trinajstić information content (AvgIpc) is 3.08. The van der Waals surface area contributed by atoms with Gasteiger partial charge in [-0.25, -0.2) is 5.01 Å². The Morgan fingerprint density at radius 3 is 2.86 bits per heavy atom. The van der Waals surface area contributed by atoms with E-state index in [1.165, 1.54) is 17.3 Å². The smallest absolute Gasteiger partial charge is 0.266 e. The van der Waals surface area contributed by atoms with E-state index in [-0.39, 0.29) is 24.1 Å². The molecule has 1 saturated heterocycles. The molecule has 2 aliphatic rings. The van der Waals surface area contributed by atoms with Gasteiger partial charge in [0.25, 0.3) is 5.91 Å². The summed E-state index contributed by atoms with van der Waals surface area (Å²) in [7, 11) is 0. The van der Waals surface area contributed by atoms with Crippen molar-refractivity contribution >= 4 is 44.9 Å². The lowest BCUT2D eigenvalue weighted by atomic mass is 9.94. The molecule has 5 rings (SSSR count). The summed E-state index contributed by atoms with van der Waals surface area (Å²) in [4.78, 5) is 30.8. The van der Waals surface area contributed by atoms with Crippen molar-refractivity contribution in [3.8, 4) is 5.75 Å². The van der Waals surface area contributed by atoms with Crippen molar-refractivity contribution in [1.82, 2.24) is 14.9 Å². The first-order valence-corrected chi connectivity index (χ1v) is 10.0. The van der Waals surface area contributed by atoms with Crippen molar-refractivity contribution < 1.29 is 14.7 Å². The van der Waals surface area contributed by atoms with Crippen LogP contribution in [0.4, 0.5) is 0 Å². The number of piperazine rings is 1. The Labute approximate surface area is 174 Å². The molecule has 2 aliphatic heterocycles. The molecule has 7 nitrogen and oxygen atoms in total. The minimum Gasteiger partial charge on any atom is -0.507 e. The molecule has 3 aromatic rings. The predicted octanol–water partition coefficient (Wildman–Crippen LogP) is 2.77. The van der Waals surface area contributed by atoms with Gasteiger partial charge in [-0.15, -0.1) is 0 Å². The first-order chi connectivity index (χ1) is 14.0. The van der Waals surface area contributed by atoms with Crippen LogP contribution < -0.4 is 0 Å². The van der Waals surface area contributed by atoms with Crippen molar-refractivity contribution in [1.29, 1.82) is 0 Å². The maximum absolute atomic E-state index is 13.1. The Balaban J connectivity index is 1.45. The van der Waals surface area contributed by atoms with Crippen molar-refractivity contribution in [2.24, 2.45) is 5.10 Å². The van der Waals surface area contributed by atoms with Crippen LogP contribution in [0, 0.1) is 0 Å². The minimum absolute atomic E-state index is 0.0514. The number of nitrogens with zero attached hydrogens (tertiary/aromatic N) is 3. The Morgan fingerprint density at radius 2 is 2.00 bits per heavy atom. The molecule has 3 heterocycles. The number of aromatic nitrogens is 1. The summed E-state index contributed by atoms with van der Waals surface area (Å²) in [6, 6.07) is 12.3. The molecule has 1 fully saturated rings. The SMILES string of the molecule is O=C1[C@H]2Cc3c([nH]c4ccccc34)CN2C(=O)CN1/N=C/c1cc(Br)ccc1O. The molecule has 1 aromatic heterocycles. The summed E-state index contributed by atoms with van der Waals surface area (Å²) in [5, 5.41) is 16.5. The third-order valence-corrected chi connectivity index (χ3v) is 5.97. The van der Waals surface area contributed by atoms with Crippen LogP contribution in [0.25, 0.3) is 10.9 Å². The molecule has 8 heteroatoms. The van der Waals surface area contributed by atoms with Gasteiger partial charge >= 0.3 is 0 Å². The number of benzene rings is 2. The molecular formula is C21H17BrN4O3. The van der Waals surface area contributed by atoms with E-state index in [9.17, 15) is 14.7 Å². The molecule has 0 aliphatic carbocycles. The van der Waals surface area contributed by atoms with Gasteiger partial charge in [-0.05, 0) is 29.8 Å². The number of nitrogens with one attached hydrogen (secondary N) is 1. The lowest BCUT2D eigenvalue weighted by Crippen LogP contribution is -2.60. The largest absolute Gasteiger partial charge is 0.507 e. The second-order valence-electron chi connectivity index (χ2n) is 7.21. The molecule has 0 spiro atoms.